The number of amides is 1. The highest BCUT2D eigenvalue weighted by Crippen LogP contribution is 2.47. The van der Waals surface area contributed by atoms with Crippen LogP contribution < -0.4 is 15.7 Å². The lowest BCUT2D eigenvalue weighted by Gasteiger charge is -2.16. The number of rotatable bonds is 6. The SMILES string of the molecule is Cc1cc(=O)oc2cc(OCC(=O)NCC3(c4ccccc4)CC3)ccc12. The normalized spacial score (nSPS) is 14.7. The summed E-state index contributed by atoms with van der Waals surface area (Å²) in [5.74, 6) is 0.332. The second-order valence-electron chi connectivity index (χ2n) is 7.12. The van der Waals surface area contributed by atoms with E-state index in [2.05, 4.69) is 17.4 Å². The summed E-state index contributed by atoms with van der Waals surface area (Å²) in [7, 11) is 0. The number of carbonyl (C=O) groups excluding carboxylic acids is 1. The van der Waals surface area contributed by atoms with E-state index in [1.54, 1.807) is 12.1 Å². The Morgan fingerprint density at radius 1 is 1.15 bits per heavy atom. The zero-order valence-corrected chi connectivity index (χ0v) is 15.2. The van der Waals surface area contributed by atoms with Crippen molar-refractivity contribution >= 4 is 16.9 Å². The van der Waals surface area contributed by atoms with Gasteiger partial charge in [0.1, 0.15) is 11.3 Å². The fraction of sp³-hybridized carbons (Fsp3) is 0.273. The predicted molar refractivity (Wildman–Crippen MR) is 103 cm³/mol. The van der Waals surface area contributed by atoms with Crippen molar-refractivity contribution in [1.29, 1.82) is 0 Å². The highest BCUT2D eigenvalue weighted by molar-refractivity contribution is 5.81. The summed E-state index contributed by atoms with van der Waals surface area (Å²) in [4.78, 5) is 23.7. The molecule has 1 aromatic heterocycles. The summed E-state index contributed by atoms with van der Waals surface area (Å²) in [6, 6.07) is 17.0. The number of nitrogens with one attached hydrogen (secondary N) is 1. The van der Waals surface area contributed by atoms with Gasteiger partial charge in [-0.2, -0.15) is 0 Å². The molecule has 0 unspecified atom stereocenters. The molecule has 0 radical (unpaired) electrons. The molecule has 1 amide bonds. The quantitative estimate of drug-likeness (QED) is 0.682. The van der Waals surface area contributed by atoms with Crippen LogP contribution in [0.4, 0.5) is 0 Å². The average molecular weight is 363 g/mol. The standard InChI is InChI=1S/C22H21NO4/c1-15-11-21(25)27-19-12-17(7-8-18(15)19)26-13-20(24)23-14-22(9-10-22)16-5-3-2-4-6-16/h2-8,11-12H,9-10,13-14H2,1H3,(H,23,24). The first kappa shape index (κ1) is 17.3. The topological polar surface area (TPSA) is 68.5 Å². The summed E-state index contributed by atoms with van der Waals surface area (Å²) in [6.45, 7) is 2.39. The second-order valence-corrected chi connectivity index (χ2v) is 7.12. The summed E-state index contributed by atoms with van der Waals surface area (Å²) in [5.41, 5.74) is 2.25. The van der Waals surface area contributed by atoms with E-state index in [9.17, 15) is 9.59 Å². The van der Waals surface area contributed by atoms with E-state index in [1.165, 1.54) is 11.6 Å². The van der Waals surface area contributed by atoms with E-state index < -0.39 is 5.63 Å². The van der Waals surface area contributed by atoms with E-state index >= 15 is 0 Å². The van der Waals surface area contributed by atoms with Gasteiger partial charge in [-0.1, -0.05) is 30.3 Å². The Morgan fingerprint density at radius 3 is 2.67 bits per heavy atom. The highest BCUT2D eigenvalue weighted by atomic mass is 16.5. The first-order chi connectivity index (χ1) is 13.1. The van der Waals surface area contributed by atoms with Crippen LogP contribution in [0.1, 0.15) is 24.0 Å². The molecule has 5 heteroatoms. The summed E-state index contributed by atoms with van der Waals surface area (Å²) in [5, 5.41) is 3.82. The van der Waals surface area contributed by atoms with Crippen LogP contribution in [0.15, 0.2) is 63.8 Å². The molecule has 0 aliphatic heterocycles. The van der Waals surface area contributed by atoms with E-state index in [1.807, 2.05) is 31.2 Å². The van der Waals surface area contributed by atoms with Gasteiger partial charge in [0.2, 0.25) is 0 Å². The smallest absolute Gasteiger partial charge is 0.336 e. The largest absolute Gasteiger partial charge is 0.484 e. The molecule has 138 valence electrons. The van der Waals surface area contributed by atoms with Crippen molar-refractivity contribution in [2.75, 3.05) is 13.2 Å². The average Bonchev–Trinajstić information content (AvgIpc) is 3.46. The number of benzene rings is 2. The molecule has 2 aromatic carbocycles. The molecule has 4 rings (SSSR count). The maximum Gasteiger partial charge on any atom is 0.336 e. The van der Waals surface area contributed by atoms with Crippen molar-refractivity contribution < 1.29 is 13.9 Å². The fourth-order valence-electron chi connectivity index (χ4n) is 3.37. The van der Waals surface area contributed by atoms with Gasteiger partial charge >= 0.3 is 5.63 Å². The zero-order valence-electron chi connectivity index (χ0n) is 15.2. The van der Waals surface area contributed by atoms with Gasteiger partial charge in [-0.25, -0.2) is 4.79 Å². The molecule has 1 fully saturated rings. The number of aryl methyl sites for hydroxylation is 1. The Kier molecular flexibility index (Phi) is 4.44. The van der Waals surface area contributed by atoms with Crippen LogP contribution in [0.25, 0.3) is 11.0 Å². The van der Waals surface area contributed by atoms with Crippen molar-refractivity contribution in [3.05, 3.63) is 76.1 Å². The van der Waals surface area contributed by atoms with Gasteiger partial charge < -0.3 is 14.5 Å². The molecule has 1 aliphatic carbocycles. The highest BCUT2D eigenvalue weighted by Gasteiger charge is 2.44. The number of fused-ring (bicyclic) bond motifs is 1. The molecule has 1 saturated carbocycles. The molecule has 0 atom stereocenters. The number of ether oxygens (including phenoxy) is 1. The molecule has 0 bridgehead atoms. The summed E-state index contributed by atoms with van der Waals surface area (Å²) < 4.78 is 10.8. The van der Waals surface area contributed by atoms with Gasteiger partial charge in [0.15, 0.2) is 6.61 Å². The van der Waals surface area contributed by atoms with Gasteiger partial charge in [0.05, 0.1) is 0 Å². The van der Waals surface area contributed by atoms with Gasteiger partial charge in [0, 0.05) is 29.5 Å². The Bertz CT molecular complexity index is 1040. The van der Waals surface area contributed by atoms with E-state index in [0.717, 1.165) is 23.8 Å². The van der Waals surface area contributed by atoms with Gasteiger partial charge in [-0.3, -0.25) is 4.79 Å². The van der Waals surface area contributed by atoms with E-state index in [-0.39, 0.29) is 17.9 Å². The van der Waals surface area contributed by atoms with Crippen LogP contribution in [0.3, 0.4) is 0 Å². The number of hydrogen-bond acceptors (Lipinski definition) is 4. The van der Waals surface area contributed by atoms with Crippen molar-refractivity contribution in [3.8, 4) is 5.75 Å². The Morgan fingerprint density at radius 2 is 1.93 bits per heavy atom. The lowest BCUT2D eigenvalue weighted by atomic mass is 9.96. The van der Waals surface area contributed by atoms with Gasteiger partial charge in [-0.05, 0) is 43.0 Å². The molecular formula is C22H21NO4. The van der Waals surface area contributed by atoms with Crippen LogP contribution in [0.2, 0.25) is 0 Å². The monoisotopic (exact) mass is 363 g/mol. The maximum absolute atomic E-state index is 12.2. The Balaban J connectivity index is 1.36. The van der Waals surface area contributed by atoms with E-state index in [4.69, 9.17) is 9.15 Å². The zero-order chi connectivity index (χ0) is 18.9. The lowest BCUT2D eigenvalue weighted by molar-refractivity contribution is -0.123. The molecule has 1 heterocycles. The van der Waals surface area contributed by atoms with Crippen LogP contribution in [-0.4, -0.2) is 19.1 Å². The summed E-state index contributed by atoms with van der Waals surface area (Å²) in [6.07, 6.45) is 2.17. The number of carbonyl (C=O) groups is 1. The van der Waals surface area contributed by atoms with Crippen molar-refractivity contribution in [2.24, 2.45) is 0 Å². The molecule has 5 nitrogen and oxygen atoms in total. The van der Waals surface area contributed by atoms with Gasteiger partial charge in [-0.15, -0.1) is 0 Å². The van der Waals surface area contributed by atoms with Crippen LogP contribution in [0.5, 0.6) is 5.75 Å². The van der Waals surface area contributed by atoms with Crippen LogP contribution in [0, 0.1) is 6.92 Å². The van der Waals surface area contributed by atoms with Crippen LogP contribution in [-0.2, 0) is 10.2 Å². The molecule has 0 spiro atoms. The first-order valence-electron chi connectivity index (χ1n) is 9.05. The maximum atomic E-state index is 12.2. The van der Waals surface area contributed by atoms with Gasteiger partial charge in [0.25, 0.3) is 5.91 Å². The van der Waals surface area contributed by atoms with E-state index in [0.29, 0.717) is 17.9 Å². The third-order valence-electron chi connectivity index (χ3n) is 5.16. The van der Waals surface area contributed by atoms with Crippen LogP contribution >= 0.6 is 0 Å². The van der Waals surface area contributed by atoms with Crippen molar-refractivity contribution in [2.45, 2.75) is 25.2 Å². The molecule has 1 aliphatic rings. The lowest BCUT2D eigenvalue weighted by Crippen LogP contribution is -2.35. The molecule has 0 saturated heterocycles. The third kappa shape index (κ3) is 3.72. The minimum Gasteiger partial charge on any atom is -0.484 e. The molecular weight excluding hydrogens is 342 g/mol. The Labute approximate surface area is 157 Å². The fourth-order valence-corrected chi connectivity index (χ4v) is 3.37. The van der Waals surface area contributed by atoms with Crippen molar-refractivity contribution in [3.63, 3.8) is 0 Å². The third-order valence-corrected chi connectivity index (χ3v) is 5.16. The predicted octanol–water partition coefficient (Wildman–Crippen LogP) is 3.33. The minimum absolute atomic E-state index is 0.0702. The Hall–Kier alpha value is -3.08. The molecule has 1 N–H and O–H groups in total. The molecule has 3 aromatic rings. The second kappa shape index (κ2) is 6.91. The number of hydrogen-bond donors (Lipinski definition) is 1. The first-order valence-corrected chi connectivity index (χ1v) is 9.05. The summed E-state index contributed by atoms with van der Waals surface area (Å²) >= 11 is 0. The molecule has 27 heavy (non-hydrogen) atoms. The minimum atomic E-state index is -0.398. The van der Waals surface area contributed by atoms with Crippen molar-refractivity contribution in [1.82, 2.24) is 5.32 Å².